The maximum atomic E-state index is 8.93. The van der Waals surface area contributed by atoms with Gasteiger partial charge in [-0.3, -0.25) is 0 Å². The molecule has 1 rings (SSSR count). The van der Waals surface area contributed by atoms with Crippen molar-refractivity contribution >= 4 is 0 Å². The molecule has 0 radical (unpaired) electrons. The highest BCUT2D eigenvalue weighted by Gasteiger charge is 2.07. The van der Waals surface area contributed by atoms with E-state index in [0.29, 0.717) is 0 Å². The van der Waals surface area contributed by atoms with Gasteiger partial charge in [0, 0.05) is 5.70 Å². The van der Waals surface area contributed by atoms with Gasteiger partial charge in [-0.1, -0.05) is 6.08 Å². The largest absolute Gasteiger partial charge is 0.402 e. The van der Waals surface area contributed by atoms with Gasteiger partial charge in [0.25, 0.3) is 0 Å². The number of rotatable bonds is 0. The van der Waals surface area contributed by atoms with Crippen molar-refractivity contribution in [1.29, 1.82) is 0 Å². The molecular weight excluding hydrogens is 102 g/mol. The summed E-state index contributed by atoms with van der Waals surface area (Å²) in [5, 5.41) is 8.93. The van der Waals surface area contributed by atoms with E-state index in [4.69, 9.17) is 10.8 Å². The first-order chi connectivity index (χ1) is 3.79. The highest BCUT2D eigenvalue weighted by atomic mass is 16.3. The summed E-state index contributed by atoms with van der Waals surface area (Å²) in [7, 11) is 0. The van der Waals surface area contributed by atoms with E-state index in [-0.39, 0.29) is 6.10 Å². The molecular formula is C6H11NO. The summed E-state index contributed by atoms with van der Waals surface area (Å²) in [6, 6.07) is 0. The first kappa shape index (κ1) is 5.63. The number of allylic oxidation sites excluding steroid dienone is 1. The Kier molecular flexibility index (Phi) is 1.53. The molecule has 0 bridgehead atoms. The smallest absolute Gasteiger partial charge is 0.0579 e. The molecule has 8 heavy (non-hydrogen) atoms. The molecule has 2 nitrogen and oxygen atoms in total. The van der Waals surface area contributed by atoms with Crippen LogP contribution in [0.2, 0.25) is 0 Å². The van der Waals surface area contributed by atoms with Gasteiger partial charge in [0.05, 0.1) is 6.10 Å². The first-order valence-corrected chi connectivity index (χ1v) is 2.91. The third kappa shape index (κ3) is 1.23. The van der Waals surface area contributed by atoms with Gasteiger partial charge in [0.15, 0.2) is 0 Å². The van der Waals surface area contributed by atoms with Crippen molar-refractivity contribution in [3.05, 3.63) is 11.8 Å². The summed E-state index contributed by atoms with van der Waals surface area (Å²) < 4.78 is 0. The van der Waals surface area contributed by atoms with Gasteiger partial charge in [-0.05, 0) is 19.3 Å². The summed E-state index contributed by atoms with van der Waals surface area (Å²) in [5.41, 5.74) is 6.37. The first-order valence-electron chi connectivity index (χ1n) is 2.91. The van der Waals surface area contributed by atoms with Crippen LogP contribution in [0.15, 0.2) is 11.8 Å². The minimum Gasteiger partial charge on any atom is -0.402 e. The van der Waals surface area contributed by atoms with Crippen molar-refractivity contribution in [1.82, 2.24) is 0 Å². The van der Waals surface area contributed by atoms with E-state index < -0.39 is 0 Å². The van der Waals surface area contributed by atoms with Crippen LogP contribution in [0.3, 0.4) is 0 Å². The van der Waals surface area contributed by atoms with Crippen molar-refractivity contribution in [3.8, 4) is 0 Å². The fourth-order valence-electron chi connectivity index (χ4n) is 0.841. The molecule has 0 saturated heterocycles. The second-order valence-corrected chi connectivity index (χ2v) is 2.21. The summed E-state index contributed by atoms with van der Waals surface area (Å²) in [4.78, 5) is 0. The molecule has 1 unspecified atom stereocenters. The van der Waals surface area contributed by atoms with E-state index in [2.05, 4.69) is 0 Å². The average Bonchev–Trinajstić information content (AvgIpc) is 1.77. The van der Waals surface area contributed by atoms with Crippen LogP contribution in [0.1, 0.15) is 19.3 Å². The quantitative estimate of drug-likeness (QED) is 0.477. The maximum Gasteiger partial charge on any atom is 0.0579 e. The monoisotopic (exact) mass is 113 g/mol. The predicted octanol–water partition coefficient (Wildman–Crippen LogP) is 0.374. The lowest BCUT2D eigenvalue weighted by Gasteiger charge is -2.13. The second-order valence-electron chi connectivity index (χ2n) is 2.21. The van der Waals surface area contributed by atoms with Crippen molar-refractivity contribution < 1.29 is 5.11 Å². The minimum atomic E-state index is -0.137. The standard InChI is InChI=1S/C6H11NO/c7-5-1-3-6(8)4-2-5/h1,6,8H,2-4,7H2. The zero-order valence-corrected chi connectivity index (χ0v) is 4.80. The van der Waals surface area contributed by atoms with E-state index in [9.17, 15) is 0 Å². The van der Waals surface area contributed by atoms with Gasteiger partial charge in [0.1, 0.15) is 0 Å². The van der Waals surface area contributed by atoms with Gasteiger partial charge >= 0.3 is 0 Å². The molecule has 3 N–H and O–H groups in total. The minimum absolute atomic E-state index is 0.137. The van der Waals surface area contributed by atoms with Crippen LogP contribution >= 0.6 is 0 Å². The van der Waals surface area contributed by atoms with E-state index in [1.54, 1.807) is 0 Å². The molecule has 46 valence electrons. The van der Waals surface area contributed by atoms with Gasteiger partial charge in [-0.25, -0.2) is 0 Å². The highest BCUT2D eigenvalue weighted by Crippen LogP contribution is 2.13. The normalized spacial score (nSPS) is 29.6. The van der Waals surface area contributed by atoms with Crippen LogP contribution in [0.25, 0.3) is 0 Å². The third-order valence-corrected chi connectivity index (χ3v) is 1.42. The van der Waals surface area contributed by atoms with Crippen molar-refractivity contribution in [2.24, 2.45) is 5.73 Å². The lowest BCUT2D eigenvalue weighted by Crippen LogP contribution is -2.13. The van der Waals surface area contributed by atoms with Crippen molar-refractivity contribution in [2.75, 3.05) is 0 Å². The topological polar surface area (TPSA) is 46.2 Å². The van der Waals surface area contributed by atoms with E-state index in [1.165, 1.54) is 0 Å². The molecule has 0 aliphatic heterocycles. The van der Waals surface area contributed by atoms with E-state index in [1.807, 2.05) is 6.08 Å². The van der Waals surface area contributed by atoms with Crippen LogP contribution in [0.5, 0.6) is 0 Å². The van der Waals surface area contributed by atoms with Gasteiger partial charge in [-0.15, -0.1) is 0 Å². The lowest BCUT2D eigenvalue weighted by molar-refractivity contribution is 0.162. The zero-order chi connectivity index (χ0) is 5.98. The molecule has 0 amide bonds. The highest BCUT2D eigenvalue weighted by molar-refractivity contribution is 5.01. The lowest BCUT2D eigenvalue weighted by atomic mass is 10.0. The molecule has 0 aromatic heterocycles. The van der Waals surface area contributed by atoms with Crippen LogP contribution < -0.4 is 5.73 Å². The Hall–Kier alpha value is -0.500. The summed E-state index contributed by atoms with van der Waals surface area (Å²) >= 11 is 0. The number of aliphatic hydroxyl groups excluding tert-OH is 1. The molecule has 1 aliphatic rings. The molecule has 2 heteroatoms. The number of hydrogen-bond donors (Lipinski definition) is 2. The Balaban J connectivity index is 2.42. The third-order valence-electron chi connectivity index (χ3n) is 1.42. The molecule has 0 saturated carbocycles. The molecule has 0 heterocycles. The predicted molar refractivity (Wildman–Crippen MR) is 32.1 cm³/mol. The van der Waals surface area contributed by atoms with Crippen LogP contribution in [0.4, 0.5) is 0 Å². The van der Waals surface area contributed by atoms with Crippen molar-refractivity contribution in [3.63, 3.8) is 0 Å². The second kappa shape index (κ2) is 2.18. The average molecular weight is 113 g/mol. The fraction of sp³-hybridized carbons (Fsp3) is 0.667. The molecule has 0 fully saturated rings. The van der Waals surface area contributed by atoms with Crippen molar-refractivity contribution in [2.45, 2.75) is 25.4 Å². The SMILES string of the molecule is NC1=CCC(O)CC1. The molecule has 1 aliphatic carbocycles. The molecule has 1 atom stereocenters. The number of aliphatic hydroxyl groups is 1. The Bertz CT molecular complexity index is 109. The van der Waals surface area contributed by atoms with Gasteiger partial charge in [-0.2, -0.15) is 0 Å². The Morgan fingerprint density at radius 3 is 2.88 bits per heavy atom. The zero-order valence-electron chi connectivity index (χ0n) is 4.80. The van der Waals surface area contributed by atoms with Crippen LogP contribution in [-0.4, -0.2) is 11.2 Å². The van der Waals surface area contributed by atoms with Crippen LogP contribution in [0, 0.1) is 0 Å². The van der Waals surface area contributed by atoms with Gasteiger partial charge < -0.3 is 10.8 Å². The van der Waals surface area contributed by atoms with E-state index >= 15 is 0 Å². The molecule has 0 aromatic carbocycles. The maximum absolute atomic E-state index is 8.93. The molecule has 0 aromatic rings. The summed E-state index contributed by atoms with van der Waals surface area (Å²) in [6.07, 6.45) is 4.20. The summed E-state index contributed by atoms with van der Waals surface area (Å²) in [5.74, 6) is 0. The van der Waals surface area contributed by atoms with Crippen LogP contribution in [-0.2, 0) is 0 Å². The number of nitrogens with two attached hydrogens (primary N) is 1. The van der Waals surface area contributed by atoms with Gasteiger partial charge in [0.2, 0.25) is 0 Å². The Morgan fingerprint density at radius 2 is 2.50 bits per heavy atom. The Morgan fingerprint density at radius 1 is 1.75 bits per heavy atom. The van der Waals surface area contributed by atoms with E-state index in [0.717, 1.165) is 25.0 Å². The summed E-state index contributed by atoms with van der Waals surface area (Å²) in [6.45, 7) is 0. The Labute approximate surface area is 49.0 Å². The fourth-order valence-corrected chi connectivity index (χ4v) is 0.841. The number of hydrogen-bond acceptors (Lipinski definition) is 2. The molecule has 0 spiro atoms.